The number of amides is 1. The summed E-state index contributed by atoms with van der Waals surface area (Å²) in [6.07, 6.45) is 4.30. The number of likely N-dealkylation sites (N-methyl/N-ethyl adjacent to an activating group) is 1. The fraction of sp³-hybridized carbons (Fsp3) is 0.259. The monoisotopic (exact) mass is 505 g/mol. The molecule has 2 aromatic carbocycles. The minimum Gasteiger partial charge on any atom is -0.493 e. The van der Waals surface area contributed by atoms with Crippen LogP contribution in [0.5, 0.6) is 11.5 Å². The van der Waals surface area contributed by atoms with Crippen molar-refractivity contribution >= 4 is 49.9 Å². The molecule has 0 atom stereocenters. The highest BCUT2D eigenvalue weighted by Crippen LogP contribution is 2.45. The van der Waals surface area contributed by atoms with Gasteiger partial charge in [-0.1, -0.05) is 25.1 Å². The van der Waals surface area contributed by atoms with Crippen LogP contribution in [0.1, 0.15) is 22.9 Å². The summed E-state index contributed by atoms with van der Waals surface area (Å²) < 4.78 is 11.8. The quantitative estimate of drug-likeness (QED) is 0.309. The van der Waals surface area contributed by atoms with Crippen molar-refractivity contribution in [1.29, 1.82) is 0 Å². The first-order chi connectivity index (χ1) is 17.1. The molecule has 0 unspecified atom stereocenters. The van der Waals surface area contributed by atoms with E-state index in [2.05, 4.69) is 23.2 Å². The van der Waals surface area contributed by atoms with Gasteiger partial charge < -0.3 is 14.8 Å². The Hall–Kier alpha value is -3.20. The Morgan fingerprint density at radius 3 is 2.74 bits per heavy atom. The summed E-state index contributed by atoms with van der Waals surface area (Å²) in [4.78, 5) is 21.6. The Bertz CT molecular complexity index is 1370. The van der Waals surface area contributed by atoms with Crippen molar-refractivity contribution in [3.8, 4) is 22.1 Å². The molecular formula is C27H27N3O3S2. The third kappa shape index (κ3) is 4.82. The lowest BCUT2D eigenvalue weighted by atomic mass is 10.0. The molecule has 0 radical (unpaired) electrons. The van der Waals surface area contributed by atoms with Crippen LogP contribution in [0.15, 0.2) is 48.5 Å². The lowest BCUT2D eigenvalue weighted by molar-refractivity contribution is -0.111. The average Bonchev–Trinajstić information content (AvgIpc) is 3.47. The van der Waals surface area contributed by atoms with Gasteiger partial charge in [-0.2, -0.15) is 0 Å². The number of nitrogens with one attached hydrogen (secondary N) is 1. The second-order valence-electron chi connectivity index (χ2n) is 8.25. The van der Waals surface area contributed by atoms with Gasteiger partial charge in [0.25, 0.3) is 0 Å². The standard InChI is InChI=1S/C27H27N3O3S2/c1-4-30-14-13-18-23(16-30)35-27(25(18)26-28-19-7-5-6-8-22(19)34-26)29-24(31)12-10-17-9-11-20(32-2)21(15-17)33-3/h5-12,15H,4,13-14,16H2,1-3H3,(H,29,31)/b12-10+. The van der Waals surface area contributed by atoms with Crippen LogP contribution in [0, 0.1) is 0 Å². The fourth-order valence-corrected chi connectivity index (χ4v) is 6.71. The van der Waals surface area contributed by atoms with E-state index in [-0.39, 0.29) is 5.91 Å². The fourth-order valence-electron chi connectivity index (χ4n) is 4.30. The Labute approximate surface area is 212 Å². The van der Waals surface area contributed by atoms with Gasteiger partial charge in [0.05, 0.1) is 24.4 Å². The van der Waals surface area contributed by atoms with Crippen LogP contribution in [0.3, 0.4) is 0 Å². The Morgan fingerprint density at radius 1 is 1.14 bits per heavy atom. The number of nitrogens with zero attached hydrogens (tertiary/aromatic N) is 2. The van der Waals surface area contributed by atoms with Gasteiger partial charge in [0, 0.05) is 29.6 Å². The summed E-state index contributed by atoms with van der Waals surface area (Å²) in [5, 5.41) is 4.98. The topological polar surface area (TPSA) is 63.7 Å². The van der Waals surface area contributed by atoms with Crippen molar-refractivity contribution < 1.29 is 14.3 Å². The van der Waals surface area contributed by atoms with Crippen LogP contribution in [-0.2, 0) is 17.8 Å². The van der Waals surface area contributed by atoms with E-state index in [1.165, 1.54) is 10.4 Å². The van der Waals surface area contributed by atoms with Crippen LogP contribution >= 0.6 is 22.7 Å². The smallest absolute Gasteiger partial charge is 0.249 e. The molecule has 1 aliphatic heterocycles. The van der Waals surface area contributed by atoms with E-state index in [1.54, 1.807) is 49.0 Å². The zero-order valence-electron chi connectivity index (χ0n) is 20.0. The number of carbonyl (C=O) groups is 1. The molecular weight excluding hydrogens is 478 g/mol. The first-order valence-electron chi connectivity index (χ1n) is 11.5. The van der Waals surface area contributed by atoms with Gasteiger partial charge in [0.1, 0.15) is 10.0 Å². The summed E-state index contributed by atoms with van der Waals surface area (Å²) in [6, 6.07) is 13.7. The molecule has 1 aliphatic rings. The number of fused-ring (bicyclic) bond motifs is 2. The van der Waals surface area contributed by atoms with Crippen LogP contribution in [0.4, 0.5) is 5.00 Å². The van der Waals surface area contributed by atoms with Gasteiger partial charge in [-0.05, 0) is 54.4 Å². The van der Waals surface area contributed by atoms with Crippen molar-refractivity contribution in [2.45, 2.75) is 19.9 Å². The molecule has 1 amide bonds. The molecule has 35 heavy (non-hydrogen) atoms. The van der Waals surface area contributed by atoms with Crippen molar-refractivity contribution in [1.82, 2.24) is 9.88 Å². The van der Waals surface area contributed by atoms with Crippen LogP contribution in [-0.4, -0.2) is 43.1 Å². The summed E-state index contributed by atoms with van der Waals surface area (Å²) in [6.45, 7) is 5.13. The number of carbonyl (C=O) groups excluding carboxylic acids is 1. The number of benzene rings is 2. The van der Waals surface area contributed by atoms with E-state index in [4.69, 9.17) is 14.5 Å². The molecule has 1 N–H and O–H groups in total. The largest absolute Gasteiger partial charge is 0.493 e. The maximum atomic E-state index is 13.0. The van der Waals surface area contributed by atoms with Gasteiger partial charge in [0.2, 0.25) is 5.91 Å². The third-order valence-electron chi connectivity index (χ3n) is 6.16. The normalized spacial score (nSPS) is 13.8. The number of hydrogen-bond acceptors (Lipinski definition) is 7. The van der Waals surface area contributed by atoms with Gasteiger partial charge in [0.15, 0.2) is 11.5 Å². The molecule has 0 saturated heterocycles. The molecule has 8 heteroatoms. The zero-order chi connectivity index (χ0) is 24.4. The highest BCUT2D eigenvalue weighted by molar-refractivity contribution is 7.23. The molecule has 180 valence electrons. The summed E-state index contributed by atoms with van der Waals surface area (Å²) in [5.41, 5.74) is 4.24. The second-order valence-corrected chi connectivity index (χ2v) is 10.4. The zero-order valence-corrected chi connectivity index (χ0v) is 21.6. The number of para-hydroxylation sites is 1. The summed E-state index contributed by atoms with van der Waals surface area (Å²) >= 11 is 3.35. The number of hydrogen-bond donors (Lipinski definition) is 1. The maximum Gasteiger partial charge on any atom is 0.249 e. The highest BCUT2D eigenvalue weighted by atomic mass is 32.1. The van der Waals surface area contributed by atoms with E-state index in [9.17, 15) is 4.79 Å². The second kappa shape index (κ2) is 10.2. The SMILES string of the molecule is CCN1CCc2c(sc(NC(=O)/C=C/c3ccc(OC)c(OC)c3)c2-c2nc3ccccc3s2)C1. The lowest BCUT2D eigenvalue weighted by Crippen LogP contribution is -2.29. The van der Waals surface area contributed by atoms with Crippen LogP contribution in [0.2, 0.25) is 0 Å². The molecule has 0 saturated carbocycles. The van der Waals surface area contributed by atoms with Gasteiger partial charge in [-0.3, -0.25) is 9.69 Å². The van der Waals surface area contributed by atoms with Crippen molar-refractivity contribution in [2.75, 3.05) is 32.6 Å². The number of anilines is 1. The number of methoxy groups -OCH3 is 2. The summed E-state index contributed by atoms with van der Waals surface area (Å²) in [7, 11) is 3.20. The number of thiophene rings is 1. The number of rotatable bonds is 7. The van der Waals surface area contributed by atoms with Crippen molar-refractivity contribution in [3.05, 3.63) is 64.5 Å². The molecule has 3 heterocycles. The summed E-state index contributed by atoms with van der Waals surface area (Å²) in [5.74, 6) is 1.10. The molecule has 5 rings (SSSR count). The first-order valence-corrected chi connectivity index (χ1v) is 13.2. The van der Waals surface area contributed by atoms with E-state index >= 15 is 0 Å². The van der Waals surface area contributed by atoms with Gasteiger partial charge >= 0.3 is 0 Å². The lowest BCUT2D eigenvalue weighted by Gasteiger charge is -2.25. The van der Waals surface area contributed by atoms with E-state index in [0.29, 0.717) is 11.5 Å². The number of ether oxygens (including phenoxy) is 2. The highest BCUT2D eigenvalue weighted by Gasteiger charge is 2.27. The molecule has 0 fully saturated rings. The molecule has 0 spiro atoms. The Balaban J connectivity index is 1.45. The maximum absolute atomic E-state index is 13.0. The average molecular weight is 506 g/mol. The molecule has 6 nitrogen and oxygen atoms in total. The molecule has 4 aromatic rings. The predicted molar refractivity (Wildman–Crippen MR) is 145 cm³/mol. The van der Waals surface area contributed by atoms with Crippen LogP contribution < -0.4 is 14.8 Å². The van der Waals surface area contributed by atoms with Crippen molar-refractivity contribution in [3.63, 3.8) is 0 Å². The predicted octanol–water partition coefficient (Wildman–Crippen LogP) is 6.07. The number of aromatic nitrogens is 1. The van der Waals surface area contributed by atoms with E-state index in [1.807, 2.05) is 36.4 Å². The minimum atomic E-state index is -0.173. The molecule has 2 aromatic heterocycles. The molecule has 0 bridgehead atoms. The number of thiazole rings is 1. The van der Waals surface area contributed by atoms with Crippen molar-refractivity contribution in [2.24, 2.45) is 0 Å². The van der Waals surface area contributed by atoms with Gasteiger partial charge in [-0.25, -0.2) is 4.98 Å². The van der Waals surface area contributed by atoms with Gasteiger partial charge in [-0.15, -0.1) is 22.7 Å². The first kappa shape index (κ1) is 23.5. The van der Waals surface area contributed by atoms with Crippen LogP contribution in [0.25, 0.3) is 26.9 Å². The van der Waals surface area contributed by atoms with E-state index < -0.39 is 0 Å². The third-order valence-corrected chi connectivity index (χ3v) is 8.35. The molecule has 0 aliphatic carbocycles. The Morgan fingerprint density at radius 2 is 1.97 bits per heavy atom. The minimum absolute atomic E-state index is 0.173. The van der Waals surface area contributed by atoms with E-state index in [0.717, 1.165) is 57.4 Å². The Kier molecular flexibility index (Phi) is 6.86.